The number of carbonyl (C=O) groups excluding carboxylic acids is 1. The number of amides is 1. The first-order valence-corrected chi connectivity index (χ1v) is 5.39. The number of methoxy groups -OCH3 is 1. The molecule has 2 rings (SSSR count). The van der Waals surface area contributed by atoms with Gasteiger partial charge in [0.05, 0.1) is 7.11 Å². The van der Waals surface area contributed by atoms with E-state index in [9.17, 15) is 4.79 Å². The van der Waals surface area contributed by atoms with Crippen LogP contribution in [0.1, 0.15) is 10.4 Å². The lowest BCUT2D eigenvalue weighted by molar-refractivity contribution is 0.102. The van der Waals surface area contributed by atoms with Crippen molar-refractivity contribution >= 4 is 22.4 Å². The van der Waals surface area contributed by atoms with E-state index < -0.39 is 0 Å². The molecule has 1 aromatic heterocycles. The molecule has 1 heterocycles. The molecule has 0 spiro atoms. The maximum atomic E-state index is 11.7. The topological polar surface area (TPSA) is 64.1 Å². The third kappa shape index (κ3) is 2.34. The van der Waals surface area contributed by atoms with Crippen LogP contribution >= 0.6 is 11.3 Å². The molecule has 0 saturated carbocycles. The number of carbonyl (C=O) groups is 1. The molecule has 1 aromatic carbocycles. The zero-order valence-corrected chi connectivity index (χ0v) is 9.32. The number of hydrogen-bond acceptors (Lipinski definition) is 5. The molecule has 0 aliphatic carbocycles. The van der Waals surface area contributed by atoms with E-state index in [4.69, 9.17) is 4.74 Å². The van der Waals surface area contributed by atoms with Crippen LogP contribution < -0.4 is 10.1 Å². The number of nitrogens with zero attached hydrogens (tertiary/aromatic N) is 2. The van der Waals surface area contributed by atoms with Crippen molar-refractivity contribution in [2.75, 3.05) is 12.4 Å². The van der Waals surface area contributed by atoms with E-state index in [2.05, 4.69) is 15.5 Å². The lowest BCUT2D eigenvalue weighted by atomic mass is 10.2. The largest absolute Gasteiger partial charge is 0.497 e. The summed E-state index contributed by atoms with van der Waals surface area (Å²) in [6.07, 6.45) is 0. The molecule has 82 valence electrons. The van der Waals surface area contributed by atoms with Crippen molar-refractivity contribution in [1.82, 2.24) is 10.2 Å². The fourth-order valence-corrected chi connectivity index (χ4v) is 1.58. The molecule has 5 nitrogen and oxygen atoms in total. The van der Waals surface area contributed by atoms with Crippen LogP contribution in [-0.4, -0.2) is 23.2 Å². The van der Waals surface area contributed by atoms with E-state index in [1.807, 2.05) is 0 Å². The van der Waals surface area contributed by atoms with Gasteiger partial charge in [-0.15, -0.1) is 10.2 Å². The van der Waals surface area contributed by atoms with Crippen molar-refractivity contribution in [2.24, 2.45) is 0 Å². The molecule has 16 heavy (non-hydrogen) atoms. The average Bonchev–Trinajstić information content (AvgIpc) is 2.82. The van der Waals surface area contributed by atoms with E-state index >= 15 is 0 Å². The quantitative estimate of drug-likeness (QED) is 0.881. The van der Waals surface area contributed by atoms with Gasteiger partial charge in [-0.2, -0.15) is 0 Å². The van der Waals surface area contributed by atoms with Crippen LogP contribution in [0.15, 0.2) is 29.8 Å². The highest BCUT2D eigenvalue weighted by molar-refractivity contribution is 7.13. The summed E-state index contributed by atoms with van der Waals surface area (Å²) < 4.78 is 5.00. The monoisotopic (exact) mass is 235 g/mol. The smallest absolute Gasteiger partial charge is 0.257 e. The van der Waals surface area contributed by atoms with E-state index in [0.29, 0.717) is 16.4 Å². The van der Waals surface area contributed by atoms with Crippen LogP contribution in [0.3, 0.4) is 0 Å². The standard InChI is InChI=1S/C10H9N3O2S/c1-15-8-4-2-7(3-5-8)9(14)12-10-13-11-6-16-10/h2-6H,1H3,(H,12,13,14). The van der Waals surface area contributed by atoms with Gasteiger partial charge in [0.15, 0.2) is 0 Å². The molecule has 6 heteroatoms. The Morgan fingerprint density at radius 3 is 2.69 bits per heavy atom. The molecule has 0 bridgehead atoms. The molecule has 2 aromatic rings. The molecule has 0 aliphatic heterocycles. The van der Waals surface area contributed by atoms with Gasteiger partial charge in [0.2, 0.25) is 5.13 Å². The highest BCUT2D eigenvalue weighted by Crippen LogP contribution is 2.14. The summed E-state index contributed by atoms with van der Waals surface area (Å²) >= 11 is 1.27. The van der Waals surface area contributed by atoms with Gasteiger partial charge >= 0.3 is 0 Å². The first kappa shape index (κ1) is 10.6. The molecule has 0 saturated heterocycles. The Balaban J connectivity index is 2.09. The van der Waals surface area contributed by atoms with Crippen LogP contribution in [0.4, 0.5) is 5.13 Å². The molecule has 0 aliphatic rings. The Morgan fingerprint density at radius 1 is 1.38 bits per heavy atom. The Morgan fingerprint density at radius 2 is 2.12 bits per heavy atom. The van der Waals surface area contributed by atoms with Gasteiger partial charge < -0.3 is 4.74 Å². The minimum Gasteiger partial charge on any atom is -0.497 e. The average molecular weight is 235 g/mol. The summed E-state index contributed by atoms with van der Waals surface area (Å²) in [4.78, 5) is 11.7. The molecule has 1 N–H and O–H groups in total. The number of benzene rings is 1. The van der Waals surface area contributed by atoms with Crippen LogP contribution in [0.2, 0.25) is 0 Å². The lowest BCUT2D eigenvalue weighted by Gasteiger charge is -2.02. The maximum absolute atomic E-state index is 11.7. The molecular weight excluding hydrogens is 226 g/mol. The van der Waals surface area contributed by atoms with Crippen molar-refractivity contribution in [3.63, 3.8) is 0 Å². The third-order valence-electron chi connectivity index (χ3n) is 1.93. The van der Waals surface area contributed by atoms with Gasteiger partial charge in [0.1, 0.15) is 11.3 Å². The Labute approximate surface area is 96.1 Å². The molecular formula is C10H9N3O2S. The maximum Gasteiger partial charge on any atom is 0.257 e. The summed E-state index contributed by atoms with van der Waals surface area (Å²) in [5.41, 5.74) is 2.11. The zero-order valence-electron chi connectivity index (χ0n) is 8.51. The number of rotatable bonds is 3. The summed E-state index contributed by atoms with van der Waals surface area (Å²) in [5, 5.41) is 10.5. The number of ether oxygens (including phenoxy) is 1. The summed E-state index contributed by atoms with van der Waals surface area (Å²) in [6.45, 7) is 0. The van der Waals surface area contributed by atoms with E-state index in [1.54, 1.807) is 36.9 Å². The van der Waals surface area contributed by atoms with Crippen molar-refractivity contribution in [3.8, 4) is 5.75 Å². The fraction of sp³-hybridized carbons (Fsp3) is 0.100. The Bertz CT molecular complexity index is 467. The molecule has 1 amide bonds. The summed E-state index contributed by atoms with van der Waals surface area (Å²) in [5.74, 6) is 0.506. The van der Waals surface area contributed by atoms with E-state index in [0.717, 1.165) is 0 Å². The van der Waals surface area contributed by atoms with Crippen molar-refractivity contribution in [3.05, 3.63) is 35.3 Å². The highest BCUT2D eigenvalue weighted by Gasteiger charge is 2.07. The number of hydrogen-bond donors (Lipinski definition) is 1. The van der Waals surface area contributed by atoms with Gasteiger partial charge in [-0.1, -0.05) is 11.3 Å². The minimum atomic E-state index is -0.209. The van der Waals surface area contributed by atoms with Crippen molar-refractivity contribution in [2.45, 2.75) is 0 Å². The van der Waals surface area contributed by atoms with Gasteiger partial charge in [-0.3, -0.25) is 10.1 Å². The second-order valence-electron chi connectivity index (χ2n) is 2.93. The fourth-order valence-electron chi connectivity index (χ4n) is 1.14. The third-order valence-corrected chi connectivity index (χ3v) is 2.54. The molecule has 0 atom stereocenters. The Hall–Kier alpha value is -1.95. The number of anilines is 1. The highest BCUT2D eigenvalue weighted by atomic mass is 32.1. The molecule has 0 radical (unpaired) electrons. The second kappa shape index (κ2) is 4.71. The van der Waals surface area contributed by atoms with Crippen LogP contribution in [0.25, 0.3) is 0 Å². The van der Waals surface area contributed by atoms with E-state index in [-0.39, 0.29) is 5.91 Å². The molecule has 0 unspecified atom stereocenters. The minimum absolute atomic E-state index is 0.209. The SMILES string of the molecule is COc1ccc(C(=O)Nc2nncs2)cc1. The van der Waals surface area contributed by atoms with Gasteiger partial charge in [-0.25, -0.2) is 0 Å². The number of aromatic nitrogens is 2. The van der Waals surface area contributed by atoms with Crippen LogP contribution in [-0.2, 0) is 0 Å². The lowest BCUT2D eigenvalue weighted by Crippen LogP contribution is -2.11. The van der Waals surface area contributed by atoms with Crippen molar-refractivity contribution in [1.29, 1.82) is 0 Å². The van der Waals surface area contributed by atoms with Crippen molar-refractivity contribution < 1.29 is 9.53 Å². The van der Waals surface area contributed by atoms with Gasteiger partial charge in [0, 0.05) is 5.56 Å². The van der Waals surface area contributed by atoms with E-state index in [1.165, 1.54) is 11.3 Å². The molecule has 0 fully saturated rings. The second-order valence-corrected chi connectivity index (χ2v) is 3.76. The normalized spacial score (nSPS) is 9.81. The first-order chi connectivity index (χ1) is 7.79. The first-order valence-electron chi connectivity index (χ1n) is 4.51. The van der Waals surface area contributed by atoms with Gasteiger partial charge in [0.25, 0.3) is 5.91 Å². The zero-order chi connectivity index (χ0) is 11.4. The van der Waals surface area contributed by atoms with Crippen LogP contribution in [0.5, 0.6) is 5.75 Å². The summed E-state index contributed by atoms with van der Waals surface area (Å²) in [7, 11) is 1.58. The summed E-state index contributed by atoms with van der Waals surface area (Å²) in [6, 6.07) is 6.84. The Kier molecular flexibility index (Phi) is 3.11. The van der Waals surface area contributed by atoms with Crippen LogP contribution in [0, 0.1) is 0 Å². The predicted octanol–water partition coefficient (Wildman–Crippen LogP) is 1.80. The predicted molar refractivity (Wildman–Crippen MR) is 60.9 cm³/mol. The number of nitrogens with one attached hydrogen (secondary N) is 1. The van der Waals surface area contributed by atoms with Gasteiger partial charge in [-0.05, 0) is 24.3 Å².